The van der Waals surface area contributed by atoms with Crippen molar-refractivity contribution in [3.8, 4) is 0 Å². The van der Waals surface area contributed by atoms with Gasteiger partial charge < -0.3 is 5.32 Å². The van der Waals surface area contributed by atoms with E-state index in [4.69, 9.17) is 0 Å². The number of halogens is 1. The lowest BCUT2D eigenvalue weighted by Crippen LogP contribution is -2.12. The van der Waals surface area contributed by atoms with Crippen LogP contribution in [0.2, 0.25) is 0 Å². The summed E-state index contributed by atoms with van der Waals surface area (Å²) in [4.78, 5) is 0. The Bertz CT molecular complexity index is 704. The summed E-state index contributed by atoms with van der Waals surface area (Å²) in [5.74, 6) is -0.191. The quantitative estimate of drug-likeness (QED) is 0.743. The monoisotopic (exact) mass is 265 g/mol. The van der Waals surface area contributed by atoms with Crippen molar-refractivity contribution in [2.45, 2.75) is 13.1 Å². The van der Waals surface area contributed by atoms with Crippen molar-refractivity contribution in [3.63, 3.8) is 0 Å². The molecule has 0 heterocycles. The van der Waals surface area contributed by atoms with Crippen molar-refractivity contribution in [2.24, 2.45) is 0 Å². The van der Waals surface area contributed by atoms with Crippen LogP contribution in [-0.4, -0.2) is 0 Å². The largest absolute Gasteiger partial charge is 0.309 e. The van der Waals surface area contributed by atoms with Gasteiger partial charge in [0.05, 0.1) is 0 Å². The summed E-state index contributed by atoms with van der Waals surface area (Å²) in [6, 6.07) is 21.4. The Morgan fingerprint density at radius 2 is 1.35 bits per heavy atom. The van der Waals surface area contributed by atoms with Gasteiger partial charge in [-0.1, -0.05) is 48.5 Å². The van der Waals surface area contributed by atoms with Crippen molar-refractivity contribution < 1.29 is 4.39 Å². The number of nitrogens with one attached hydrogen (secondary N) is 1. The van der Waals surface area contributed by atoms with Crippen molar-refractivity contribution in [1.29, 1.82) is 0 Å². The highest BCUT2D eigenvalue weighted by Crippen LogP contribution is 2.15. The zero-order chi connectivity index (χ0) is 13.8. The molecular formula is C18H16FN. The maximum absolute atomic E-state index is 12.8. The van der Waals surface area contributed by atoms with Crippen LogP contribution in [0.3, 0.4) is 0 Å². The summed E-state index contributed by atoms with van der Waals surface area (Å²) in [5, 5.41) is 5.90. The molecule has 0 fully saturated rings. The van der Waals surface area contributed by atoms with E-state index in [0.717, 1.165) is 18.7 Å². The molecule has 3 rings (SSSR count). The molecule has 1 N–H and O–H groups in total. The highest BCUT2D eigenvalue weighted by Gasteiger charge is 1.97. The van der Waals surface area contributed by atoms with Crippen LogP contribution in [0, 0.1) is 5.82 Å². The minimum absolute atomic E-state index is 0.191. The smallest absolute Gasteiger partial charge is 0.123 e. The average molecular weight is 265 g/mol. The fraction of sp³-hybridized carbons (Fsp3) is 0.111. The first-order chi connectivity index (χ1) is 9.81. The van der Waals surface area contributed by atoms with Crippen LogP contribution in [0.25, 0.3) is 10.8 Å². The van der Waals surface area contributed by atoms with Crippen LogP contribution in [0.1, 0.15) is 11.1 Å². The third kappa shape index (κ3) is 3.03. The molecule has 0 aliphatic heterocycles. The Labute approximate surface area is 118 Å². The molecule has 0 atom stereocenters. The van der Waals surface area contributed by atoms with Gasteiger partial charge in [-0.15, -0.1) is 0 Å². The summed E-state index contributed by atoms with van der Waals surface area (Å²) < 4.78 is 12.8. The van der Waals surface area contributed by atoms with Gasteiger partial charge in [0.25, 0.3) is 0 Å². The van der Waals surface area contributed by atoms with E-state index in [1.54, 1.807) is 0 Å². The van der Waals surface area contributed by atoms with Crippen molar-refractivity contribution in [2.75, 3.05) is 0 Å². The molecule has 3 aromatic carbocycles. The summed E-state index contributed by atoms with van der Waals surface area (Å²) in [7, 11) is 0. The van der Waals surface area contributed by atoms with E-state index in [0.29, 0.717) is 0 Å². The zero-order valence-corrected chi connectivity index (χ0v) is 11.1. The lowest BCUT2D eigenvalue weighted by molar-refractivity contribution is 0.625. The molecule has 0 aliphatic rings. The number of hydrogen-bond donors (Lipinski definition) is 1. The molecule has 0 saturated carbocycles. The van der Waals surface area contributed by atoms with Crippen molar-refractivity contribution in [3.05, 3.63) is 83.7 Å². The summed E-state index contributed by atoms with van der Waals surface area (Å²) in [6.07, 6.45) is 0. The first-order valence-corrected chi connectivity index (χ1v) is 6.74. The van der Waals surface area contributed by atoms with Crippen LogP contribution in [-0.2, 0) is 13.1 Å². The molecule has 0 aliphatic carbocycles. The lowest BCUT2D eigenvalue weighted by Gasteiger charge is -2.06. The third-order valence-corrected chi connectivity index (χ3v) is 3.39. The van der Waals surface area contributed by atoms with Gasteiger partial charge >= 0.3 is 0 Å². The van der Waals surface area contributed by atoms with Gasteiger partial charge in [0.15, 0.2) is 0 Å². The molecule has 0 amide bonds. The molecule has 0 unspecified atom stereocenters. The second-order valence-corrected chi connectivity index (χ2v) is 4.91. The molecule has 0 spiro atoms. The first kappa shape index (κ1) is 12.8. The van der Waals surface area contributed by atoms with E-state index < -0.39 is 0 Å². The molecule has 3 aromatic rings. The molecule has 1 nitrogen and oxygen atoms in total. The van der Waals surface area contributed by atoms with Crippen LogP contribution < -0.4 is 5.32 Å². The maximum atomic E-state index is 12.8. The number of fused-ring (bicyclic) bond motifs is 1. The molecule has 0 aromatic heterocycles. The molecule has 0 saturated heterocycles. The zero-order valence-electron chi connectivity index (χ0n) is 11.1. The van der Waals surface area contributed by atoms with Gasteiger partial charge in [-0.05, 0) is 40.1 Å². The molecule has 20 heavy (non-hydrogen) atoms. The number of rotatable bonds is 4. The highest BCUT2D eigenvalue weighted by molar-refractivity contribution is 5.82. The van der Waals surface area contributed by atoms with Crippen molar-refractivity contribution in [1.82, 2.24) is 5.32 Å². The predicted molar refractivity (Wildman–Crippen MR) is 80.9 cm³/mol. The molecular weight excluding hydrogens is 249 g/mol. The maximum Gasteiger partial charge on any atom is 0.123 e. The fourth-order valence-electron chi connectivity index (χ4n) is 2.30. The second kappa shape index (κ2) is 5.85. The highest BCUT2D eigenvalue weighted by atomic mass is 19.1. The minimum Gasteiger partial charge on any atom is -0.309 e. The number of benzene rings is 3. The molecule has 0 radical (unpaired) electrons. The van der Waals surface area contributed by atoms with E-state index in [2.05, 4.69) is 47.8 Å². The Balaban J connectivity index is 1.63. The van der Waals surface area contributed by atoms with Gasteiger partial charge in [0, 0.05) is 13.1 Å². The van der Waals surface area contributed by atoms with Crippen LogP contribution in [0.15, 0.2) is 66.7 Å². The van der Waals surface area contributed by atoms with E-state index in [1.807, 2.05) is 12.1 Å². The first-order valence-electron chi connectivity index (χ1n) is 6.74. The second-order valence-electron chi connectivity index (χ2n) is 4.91. The van der Waals surface area contributed by atoms with Crippen LogP contribution >= 0.6 is 0 Å². The summed E-state index contributed by atoms with van der Waals surface area (Å²) >= 11 is 0. The van der Waals surface area contributed by atoms with Gasteiger partial charge in [0.2, 0.25) is 0 Å². The van der Waals surface area contributed by atoms with E-state index in [9.17, 15) is 4.39 Å². The van der Waals surface area contributed by atoms with Gasteiger partial charge in [0.1, 0.15) is 5.82 Å². The van der Waals surface area contributed by atoms with Gasteiger partial charge in [-0.2, -0.15) is 0 Å². The SMILES string of the molecule is Fc1ccc(CNCc2ccc3ccccc3c2)cc1. The molecule has 0 bridgehead atoms. The Morgan fingerprint density at radius 1 is 0.700 bits per heavy atom. The van der Waals surface area contributed by atoms with Gasteiger partial charge in [-0.3, -0.25) is 0 Å². The van der Waals surface area contributed by atoms with Crippen LogP contribution in [0.4, 0.5) is 4.39 Å². The lowest BCUT2D eigenvalue weighted by atomic mass is 10.1. The van der Waals surface area contributed by atoms with E-state index >= 15 is 0 Å². The minimum atomic E-state index is -0.191. The molecule has 100 valence electrons. The standard InChI is InChI=1S/C18H16FN/c19-18-9-6-14(7-10-18)12-20-13-15-5-8-16-3-1-2-4-17(16)11-15/h1-11,20H,12-13H2. The Hall–Kier alpha value is -2.19. The van der Waals surface area contributed by atoms with Crippen LogP contribution in [0.5, 0.6) is 0 Å². The Morgan fingerprint density at radius 3 is 2.15 bits per heavy atom. The number of hydrogen-bond acceptors (Lipinski definition) is 1. The third-order valence-electron chi connectivity index (χ3n) is 3.39. The molecule has 2 heteroatoms. The topological polar surface area (TPSA) is 12.0 Å². The Kier molecular flexibility index (Phi) is 3.75. The fourth-order valence-corrected chi connectivity index (χ4v) is 2.30. The predicted octanol–water partition coefficient (Wildman–Crippen LogP) is 4.27. The van der Waals surface area contributed by atoms with Gasteiger partial charge in [-0.25, -0.2) is 4.39 Å². The summed E-state index contributed by atoms with van der Waals surface area (Å²) in [5.41, 5.74) is 2.35. The van der Waals surface area contributed by atoms with E-state index in [1.165, 1.54) is 28.5 Å². The van der Waals surface area contributed by atoms with E-state index in [-0.39, 0.29) is 5.82 Å². The average Bonchev–Trinajstić information content (AvgIpc) is 2.49. The summed E-state index contributed by atoms with van der Waals surface area (Å²) in [6.45, 7) is 1.55. The normalized spacial score (nSPS) is 10.8. The van der Waals surface area contributed by atoms with Crippen molar-refractivity contribution >= 4 is 10.8 Å².